The Morgan fingerprint density at radius 3 is 2.68 bits per heavy atom. The standard InChI is InChI=1S/C14H17N3O2/c1-9-5-3-4-6-12(9)19-8-13-16-10(2)11(7-15)14(18)17-13/h3-6H,7-8,15H2,1-2H3,(H,16,17,18). The molecular formula is C14H17N3O2. The Hall–Kier alpha value is -2.14. The predicted octanol–water partition coefficient (Wildman–Crippen LogP) is 1.42. The summed E-state index contributed by atoms with van der Waals surface area (Å²) in [5, 5.41) is 0. The van der Waals surface area contributed by atoms with Gasteiger partial charge in [-0.15, -0.1) is 0 Å². The number of aromatic nitrogens is 2. The summed E-state index contributed by atoms with van der Waals surface area (Å²) in [5.41, 5.74) is 7.50. The van der Waals surface area contributed by atoms with Crippen LogP contribution < -0.4 is 16.0 Å². The number of hydrogen-bond acceptors (Lipinski definition) is 4. The van der Waals surface area contributed by atoms with Gasteiger partial charge in [0.25, 0.3) is 5.56 Å². The molecule has 0 aliphatic rings. The fraction of sp³-hybridized carbons (Fsp3) is 0.286. The molecule has 19 heavy (non-hydrogen) atoms. The molecule has 0 atom stereocenters. The third-order valence-corrected chi connectivity index (χ3v) is 2.93. The number of rotatable bonds is 4. The van der Waals surface area contributed by atoms with E-state index in [2.05, 4.69) is 9.97 Å². The van der Waals surface area contributed by atoms with Gasteiger partial charge in [0.05, 0.1) is 5.56 Å². The second kappa shape index (κ2) is 5.67. The first-order valence-electron chi connectivity index (χ1n) is 6.09. The van der Waals surface area contributed by atoms with Gasteiger partial charge < -0.3 is 15.5 Å². The van der Waals surface area contributed by atoms with Crippen molar-refractivity contribution in [3.63, 3.8) is 0 Å². The Morgan fingerprint density at radius 2 is 2.05 bits per heavy atom. The Bertz CT molecular complexity index is 635. The zero-order valence-corrected chi connectivity index (χ0v) is 11.1. The van der Waals surface area contributed by atoms with Crippen LogP contribution in [0.15, 0.2) is 29.1 Å². The molecule has 2 aromatic rings. The SMILES string of the molecule is Cc1ccccc1OCc1nc(C)c(CN)c(=O)[nH]1. The second-order valence-corrected chi connectivity index (χ2v) is 4.33. The van der Waals surface area contributed by atoms with Crippen molar-refractivity contribution in [3.8, 4) is 5.75 Å². The summed E-state index contributed by atoms with van der Waals surface area (Å²) in [5.74, 6) is 1.29. The summed E-state index contributed by atoms with van der Waals surface area (Å²) in [6.07, 6.45) is 0. The Labute approximate surface area is 111 Å². The summed E-state index contributed by atoms with van der Waals surface area (Å²) in [4.78, 5) is 18.7. The molecule has 0 saturated carbocycles. The molecule has 2 rings (SSSR count). The molecule has 0 bridgehead atoms. The highest BCUT2D eigenvalue weighted by Gasteiger charge is 2.07. The Kier molecular flexibility index (Phi) is 3.97. The first-order chi connectivity index (χ1) is 9.11. The third-order valence-electron chi connectivity index (χ3n) is 2.93. The van der Waals surface area contributed by atoms with E-state index < -0.39 is 0 Å². The van der Waals surface area contributed by atoms with E-state index in [4.69, 9.17) is 10.5 Å². The number of aryl methyl sites for hydroxylation is 2. The van der Waals surface area contributed by atoms with Crippen molar-refractivity contribution in [1.82, 2.24) is 9.97 Å². The van der Waals surface area contributed by atoms with Crippen molar-refractivity contribution in [2.75, 3.05) is 0 Å². The molecule has 1 heterocycles. The van der Waals surface area contributed by atoms with Gasteiger partial charge in [0.1, 0.15) is 18.2 Å². The third kappa shape index (κ3) is 3.00. The normalized spacial score (nSPS) is 10.5. The van der Waals surface area contributed by atoms with Crippen molar-refractivity contribution in [2.45, 2.75) is 27.0 Å². The monoisotopic (exact) mass is 259 g/mol. The molecule has 0 radical (unpaired) electrons. The lowest BCUT2D eigenvalue weighted by molar-refractivity contribution is 0.293. The van der Waals surface area contributed by atoms with E-state index in [1.54, 1.807) is 6.92 Å². The van der Waals surface area contributed by atoms with Crippen LogP contribution in [0.1, 0.15) is 22.6 Å². The molecule has 100 valence electrons. The zero-order valence-electron chi connectivity index (χ0n) is 11.1. The van der Waals surface area contributed by atoms with Gasteiger partial charge in [-0.2, -0.15) is 0 Å². The van der Waals surface area contributed by atoms with E-state index >= 15 is 0 Å². The molecule has 5 heteroatoms. The highest BCUT2D eigenvalue weighted by atomic mass is 16.5. The molecule has 0 spiro atoms. The Balaban J connectivity index is 2.17. The van der Waals surface area contributed by atoms with Crippen LogP contribution in [0.25, 0.3) is 0 Å². The lowest BCUT2D eigenvalue weighted by Gasteiger charge is -2.09. The van der Waals surface area contributed by atoms with Crippen molar-refractivity contribution in [1.29, 1.82) is 0 Å². The van der Waals surface area contributed by atoms with E-state index in [-0.39, 0.29) is 18.7 Å². The molecule has 5 nitrogen and oxygen atoms in total. The topological polar surface area (TPSA) is 81.0 Å². The fourth-order valence-electron chi connectivity index (χ4n) is 1.84. The number of aromatic amines is 1. The molecule has 0 saturated heterocycles. The van der Waals surface area contributed by atoms with Crippen LogP contribution in [0.4, 0.5) is 0 Å². The number of benzene rings is 1. The quantitative estimate of drug-likeness (QED) is 0.870. The summed E-state index contributed by atoms with van der Waals surface area (Å²) < 4.78 is 5.64. The van der Waals surface area contributed by atoms with Gasteiger partial charge in [-0.25, -0.2) is 4.98 Å². The van der Waals surface area contributed by atoms with Crippen LogP contribution in [0.3, 0.4) is 0 Å². The number of H-pyrrole nitrogens is 1. The fourth-order valence-corrected chi connectivity index (χ4v) is 1.84. The molecule has 0 fully saturated rings. The predicted molar refractivity (Wildman–Crippen MR) is 73.0 cm³/mol. The summed E-state index contributed by atoms with van der Waals surface area (Å²) in [6.45, 7) is 4.15. The number of nitrogens with zero attached hydrogens (tertiary/aromatic N) is 1. The highest BCUT2D eigenvalue weighted by molar-refractivity contribution is 5.31. The lowest BCUT2D eigenvalue weighted by Crippen LogP contribution is -2.22. The minimum absolute atomic E-state index is 0.188. The molecule has 1 aromatic heterocycles. The number of hydrogen-bond donors (Lipinski definition) is 2. The first kappa shape index (κ1) is 13.3. The van der Waals surface area contributed by atoms with Gasteiger partial charge in [0.2, 0.25) is 0 Å². The molecule has 0 aliphatic heterocycles. The van der Waals surface area contributed by atoms with Gasteiger partial charge in [-0.05, 0) is 25.5 Å². The summed E-state index contributed by atoms with van der Waals surface area (Å²) >= 11 is 0. The van der Waals surface area contributed by atoms with Crippen LogP contribution in [-0.4, -0.2) is 9.97 Å². The zero-order chi connectivity index (χ0) is 13.8. The molecule has 0 amide bonds. The number of ether oxygens (including phenoxy) is 1. The van der Waals surface area contributed by atoms with Gasteiger partial charge in [0, 0.05) is 12.2 Å². The number of para-hydroxylation sites is 1. The van der Waals surface area contributed by atoms with Crippen LogP contribution >= 0.6 is 0 Å². The van der Waals surface area contributed by atoms with Gasteiger partial charge in [-0.1, -0.05) is 18.2 Å². The van der Waals surface area contributed by atoms with Crippen LogP contribution in [0, 0.1) is 13.8 Å². The maximum atomic E-state index is 11.7. The maximum Gasteiger partial charge on any atom is 0.255 e. The molecular weight excluding hydrogens is 242 g/mol. The second-order valence-electron chi connectivity index (χ2n) is 4.33. The van der Waals surface area contributed by atoms with Crippen LogP contribution in [-0.2, 0) is 13.2 Å². The number of nitrogens with two attached hydrogens (primary N) is 1. The van der Waals surface area contributed by atoms with Crippen LogP contribution in [0.5, 0.6) is 5.75 Å². The van der Waals surface area contributed by atoms with E-state index in [0.717, 1.165) is 11.3 Å². The maximum absolute atomic E-state index is 11.7. The average Bonchev–Trinajstić information content (AvgIpc) is 2.37. The largest absolute Gasteiger partial charge is 0.485 e. The van der Waals surface area contributed by atoms with Crippen molar-refractivity contribution in [2.24, 2.45) is 5.73 Å². The summed E-state index contributed by atoms with van der Waals surface area (Å²) in [6, 6.07) is 7.70. The average molecular weight is 259 g/mol. The lowest BCUT2D eigenvalue weighted by atomic mass is 10.2. The van der Waals surface area contributed by atoms with E-state index in [0.29, 0.717) is 17.1 Å². The first-order valence-corrected chi connectivity index (χ1v) is 6.09. The van der Waals surface area contributed by atoms with E-state index in [9.17, 15) is 4.79 Å². The van der Waals surface area contributed by atoms with Gasteiger partial charge >= 0.3 is 0 Å². The molecule has 0 unspecified atom stereocenters. The van der Waals surface area contributed by atoms with Crippen molar-refractivity contribution in [3.05, 3.63) is 57.3 Å². The van der Waals surface area contributed by atoms with E-state index in [1.165, 1.54) is 0 Å². The Morgan fingerprint density at radius 1 is 1.32 bits per heavy atom. The molecule has 0 aliphatic carbocycles. The van der Waals surface area contributed by atoms with Gasteiger partial charge in [-0.3, -0.25) is 4.79 Å². The molecule has 1 aromatic carbocycles. The molecule has 3 N–H and O–H groups in total. The minimum Gasteiger partial charge on any atom is -0.485 e. The van der Waals surface area contributed by atoms with Crippen molar-refractivity contribution >= 4 is 0 Å². The van der Waals surface area contributed by atoms with E-state index in [1.807, 2.05) is 31.2 Å². The minimum atomic E-state index is -0.196. The van der Waals surface area contributed by atoms with Gasteiger partial charge in [0.15, 0.2) is 0 Å². The van der Waals surface area contributed by atoms with Crippen molar-refractivity contribution < 1.29 is 4.74 Å². The van der Waals surface area contributed by atoms with Crippen LogP contribution in [0.2, 0.25) is 0 Å². The highest BCUT2D eigenvalue weighted by Crippen LogP contribution is 2.17. The summed E-state index contributed by atoms with van der Waals surface area (Å²) in [7, 11) is 0. The number of nitrogens with one attached hydrogen (secondary N) is 1. The smallest absolute Gasteiger partial charge is 0.255 e.